The average Bonchev–Trinajstić information content (AvgIpc) is 3.00. The van der Waals surface area contributed by atoms with Crippen molar-refractivity contribution in [2.45, 2.75) is 47.8 Å². The molecule has 0 saturated carbocycles. The zero-order chi connectivity index (χ0) is 24.1. The fraction of sp³-hybridized carbons (Fsp3) is 0.280. The molecule has 1 aliphatic heterocycles. The molecule has 4 rings (SSSR count). The average molecular weight is 487 g/mol. The zero-order valence-corrected chi connectivity index (χ0v) is 20.8. The molecule has 3 aromatic rings. The van der Waals surface area contributed by atoms with E-state index in [-0.39, 0.29) is 19.3 Å². The van der Waals surface area contributed by atoms with Gasteiger partial charge in [-0.1, -0.05) is 54.0 Å². The van der Waals surface area contributed by atoms with E-state index in [0.29, 0.717) is 18.8 Å². The molecule has 0 aromatic heterocycles. The summed E-state index contributed by atoms with van der Waals surface area (Å²) in [4.78, 5) is 0.488. The van der Waals surface area contributed by atoms with Crippen molar-refractivity contribution < 1.29 is 21.1 Å². The van der Waals surface area contributed by atoms with Crippen LogP contribution in [0.25, 0.3) is 0 Å². The molecule has 0 spiro atoms. The van der Waals surface area contributed by atoms with E-state index < -0.39 is 25.4 Å². The second kappa shape index (κ2) is 8.06. The fourth-order valence-corrected chi connectivity index (χ4v) is 6.94. The number of likely N-dealkylation sites (N-methyl/N-ethyl adjacent to an activating group) is 1. The topological polar surface area (TPSA) is 77.5 Å². The van der Waals surface area contributed by atoms with E-state index in [0.717, 1.165) is 11.1 Å². The number of nitrogens with zero attached hydrogens (tertiary/aromatic N) is 1. The number of aryl methyl sites for hydroxylation is 1. The van der Waals surface area contributed by atoms with Gasteiger partial charge >= 0.3 is 10.1 Å². The number of hydroxylamine groups is 2. The lowest BCUT2D eigenvalue weighted by Crippen LogP contribution is -2.51. The van der Waals surface area contributed by atoms with E-state index in [1.54, 1.807) is 54.6 Å². The number of hydrogen-bond donors (Lipinski definition) is 0. The van der Waals surface area contributed by atoms with Crippen molar-refractivity contribution in [1.82, 2.24) is 4.65 Å². The second-order valence-corrected chi connectivity index (χ2v) is 12.6. The number of fused-ring (bicyclic) bond motifs is 1. The molecule has 0 N–H and O–H groups in total. The smallest absolute Gasteiger partial charge is 0.219 e. The molecule has 1 aliphatic rings. The van der Waals surface area contributed by atoms with Gasteiger partial charge in [0.1, 0.15) is 13.1 Å². The summed E-state index contributed by atoms with van der Waals surface area (Å²) in [6, 6.07) is 19.7. The summed E-state index contributed by atoms with van der Waals surface area (Å²) in [7, 11) is -7.75. The number of quaternary nitrogens is 1. The van der Waals surface area contributed by atoms with Crippen molar-refractivity contribution in [1.29, 1.82) is 0 Å². The first kappa shape index (κ1) is 23.6. The van der Waals surface area contributed by atoms with Crippen LogP contribution in [0.15, 0.2) is 87.5 Å². The number of benzene rings is 3. The number of sulfone groups is 1. The summed E-state index contributed by atoms with van der Waals surface area (Å²) in [5.41, 5.74) is 1.87. The SMILES string of the molecule is CC[N+]1(OS(=O)(=O)c2ccc(C)cc2)CC(C)(C)c2cc(S(=O)(=O)c3ccccc3)ccc21. The van der Waals surface area contributed by atoms with Gasteiger partial charge in [-0.15, -0.1) is 4.65 Å². The summed E-state index contributed by atoms with van der Waals surface area (Å²) in [6.07, 6.45) is 0. The second-order valence-electron chi connectivity index (χ2n) is 9.08. The third-order valence-corrected chi connectivity index (χ3v) is 9.31. The van der Waals surface area contributed by atoms with E-state index >= 15 is 0 Å². The van der Waals surface area contributed by atoms with Crippen molar-refractivity contribution in [3.8, 4) is 0 Å². The van der Waals surface area contributed by atoms with Gasteiger partial charge in [0.15, 0.2) is 5.69 Å². The maximum absolute atomic E-state index is 13.2. The first-order valence-corrected chi connectivity index (χ1v) is 13.7. The molecule has 0 radical (unpaired) electrons. The summed E-state index contributed by atoms with van der Waals surface area (Å²) in [5, 5.41) is 0. The van der Waals surface area contributed by atoms with Gasteiger partial charge in [-0.25, -0.2) is 8.42 Å². The summed E-state index contributed by atoms with van der Waals surface area (Å²) < 4.78 is 58.4. The Morgan fingerprint density at radius 2 is 1.45 bits per heavy atom. The standard InChI is InChI=1S/C25H28NO5S2/c1-5-26(31-33(29,30)21-13-11-19(2)12-14-21)18-25(3,4)23-17-22(15-16-24(23)26)32(27,28)20-9-7-6-8-10-20/h6-17H,5,18H2,1-4H3/q+1. The van der Waals surface area contributed by atoms with Crippen LogP contribution in [0.3, 0.4) is 0 Å². The van der Waals surface area contributed by atoms with E-state index in [1.165, 1.54) is 18.2 Å². The summed E-state index contributed by atoms with van der Waals surface area (Å²) >= 11 is 0. The highest BCUT2D eigenvalue weighted by atomic mass is 32.2. The van der Waals surface area contributed by atoms with E-state index in [2.05, 4.69) is 0 Å². The Kier molecular flexibility index (Phi) is 5.77. The molecule has 0 saturated heterocycles. The normalized spacial score (nSPS) is 19.9. The molecule has 33 heavy (non-hydrogen) atoms. The predicted molar refractivity (Wildman–Crippen MR) is 128 cm³/mol. The number of hydrogen-bond acceptors (Lipinski definition) is 5. The highest BCUT2D eigenvalue weighted by Gasteiger charge is 2.53. The highest BCUT2D eigenvalue weighted by Crippen LogP contribution is 2.47. The first-order chi connectivity index (χ1) is 15.4. The Bertz CT molecular complexity index is 1400. The molecule has 1 heterocycles. The van der Waals surface area contributed by atoms with Crippen LogP contribution in [0.5, 0.6) is 0 Å². The molecule has 0 fully saturated rings. The van der Waals surface area contributed by atoms with Crippen molar-refractivity contribution >= 4 is 25.6 Å². The highest BCUT2D eigenvalue weighted by molar-refractivity contribution is 7.91. The third-order valence-electron chi connectivity index (χ3n) is 6.21. The van der Waals surface area contributed by atoms with Gasteiger partial charge in [-0.2, -0.15) is 8.42 Å². The quantitative estimate of drug-likeness (QED) is 0.469. The van der Waals surface area contributed by atoms with Gasteiger partial charge in [0.25, 0.3) is 0 Å². The minimum absolute atomic E-state index is 0.0913. The first-order valence-electron chi connectivity index (χ1n) is 10.8. The number of rotatable bonds is 6. The molecule has 3 aromatic carbocycles. The molecule has 0 aliphatic carbocycles. The monoisotopic (exact) mass is 486 g/mol. The minimum atomic E-state index is -4.05. The molecule has 1 atom stereocenters. The zero-order valence-electron chi connectivity index (χ0n) is 19.1. The van der Waals surface area contributed by atoms with E-state index in [9.17, 15) is 16.8 Å². The van der Waals surface area contributed by atoms with Crippen LogP contribution in [-0.2, 0) is 29.7 Å². The van der Waals surface area contributed by atoms with E-state index in [1.807, 2.05) is 27.7 Å². The molecule has 0 amide bonds. The van der Waals surface area contributed by atoms with Crippen LogP contribution in [0.1, 0.15) is 31.9 Å². The lowest BCUT2D eigenvalue weighted by Gasteiger charge is -2.30. The Morgan fingerprint density at radius 1 is 0.848 bits per heavy atom. The maximum Gasteiger partial charge on any atom is 0.343 e. The summed E-state index contributed by atoms with van der Waals surface area (Å²) in [6.45, 7) is 8.43. The molecular weight excluding hydrogens is 458 g/mol. The van der Waals surface area contributed by atoms with Crippen LogP contribution >= 0.6 is 0 Å². The van der Waals surface area contributed by atoms with Gasteiger partial charge in [0.05, 0.1) is 14.7 Å². The van der Waals surface area contributed by atoms with Crippen molar-refractivity contribution in [2.75, 3.05) is 13.1 Å². The maximum atomic E-state index is 13.2. The van der Waals surface area contributed by atoms with Crippen molar-refractivity contribution in [2.24, 2.45) is 0 Å². The van der Waals surface area contributed by atoms with Crippen molar-refractivity contribution in [3.05, 3.63) is 83.9 Å². The van der Waals surface area contributed by atoms with Crippen LogP contribution < -0.4 is 4.65 Å². The lowest BCUT2D eigenvalue weighted by molar-refractivity contribution is -0.0373. The van der Waals surface area contributed by atoms with Gasteiger partial charge in [0.2, 0.25) is 9.84 Å². The Morgan fingerprint density at radius 3 is 2.06 bits per heavy atom. The van der Waals surface area contributed by atoms with Crippen LogP contribution in [0.4, 0.5) is 5.69 Å². The van der Waals surface area contributed by atoms with Crippen LogP contribution in [-0.4, -0.2) is 29.9 Å². The van der Waals surface area contributed by atoms with Crippen LogP contribution in [0.2, 0.25) is 0 Å². The van der Waals surface area contributed by atoms with E-state index in [4.69, 9.17) is 4.28 Å². The van der Waals surface area contributed by atoms with Crippen molar-refractivity contribution in [3.63, 3.8) is 0 Å². The Balaban J connectivity index is 1.80. The molecular formula is C25H28NO5S2+. The van der Waals surface area contributed by atoms with Gasteiger partial charge < -0.3 is 0 Å². The fourth-order valence-electron chi connectivity index (χ4n) is 4.46. The third kappa shape index (κ3) is 4.12. The lowest BCUT2D eigenvalue weighted by atomic mass is 9.87. The largest absolute Gasteiger partial charge is 0.343 e. The minimum Gasteiger partial charge on any atom is -0.219 e. The van der Waals surface area contributed by atoms with Gasteiger partial charge in [0, 0.05) is 17.0 Å². The van der Waals surface area contributed by atoms with Gasteiger partial charge in [-0.3, -0.25) is 0 Å². The molecule has 174 valence electrons. The van der Waals surface area contributed by atoms with Gasteiger partial charge in [-0.05, 0) is 50.2 Å². The molecule has 1 unspecified atom stereocenters. The predicted octanol–water partition coefficient (Wildman–Crippen LogP) is 4.77. The molecule has 8 heteroatoms. The Hall–Kier alpha value is -2.52. The molecule has 0 bridgehead atoms. The van der Waals surface area contributed by atoms with Crippen LogP contribution in [0, 0.1) is 6.92 Å². The Labute approximate surface area is 196 Å². The molecule has 6 nitrogen and oxygen atoms in total. The summed E-state index contributed by atoms with van der Waals surface area (Å²) in [5.74, 6) is 0.